The van der Waals surface area contributed by atoms with Crippen LogP contribution in [0.2, 0.25) is 0 Å². The van der Waals surface area contributed by atoms with E-state index in [4.69, 9.17) is 0 Å². The van der Waals surface area contributed by atoms with Crippen molar-refractivity contribution < 1.29 is 4.39 Å². The zero-order valence-corrected chi connectivity index (χ0v) is 7.33. The fourth-order valence-corrected chi connectivity index (χ4v) is 1.05. The van der Waals surface area contributed by atoms with E-state index in [1.165, 1.54) is 12.1 Å². The molecule has 0 N–H and O–H groups in total. The van der Waals surface area contributed by atoms with Gasteiger partial charge in [-0.2, -0.15) is 0 Å². The van der Waals surface area contributed by atoms with Gasteiger partial charge in [0.15, 0.2) is 0 Å². The lowest BCUT2D eigenvalue weighted by Gasteiger charge is -2.00. The van der Waals surface area contributed by atoms with Gasteiger partial charge in [-0.05, 0) is 23.3 Å². The molecule has 1 aromatic carbocycles. The van der Waals surface area contributed by atoms with Gasteiger partial charge < -0.3 is 0 Å². The Morgan fingerprint density at radius 2 is 1.77 bits per heavy atom. The number of hydrogen-bond acceptors (Lipinski definition) is 0. The average Bonchev–Trinajstić information content (AvgIpc) is 2.16. The van der Waals surface area contributed by atoms with Crippen LogP contribution in [0.1, 0.15) is 5.56 Å². The third-order valence-electron chi connectivity index (χ3n) is 1.69. The minimum atomic E-state index is -0.231. The molecule has 13 heavy (non-hydrogen) atoms. The minimum absolute atomic E-state index is 0.231. The molecule has 0 aromatic heterocycles. The third kappa shape index (κ3) is 2.41. The lowest BCUT2D eigenvalue weighted by Crippen LogP contribution is -1.80. The molecular formula is C12H11F. The Bertz CT molecular complexity index is 331. The number of halogens is 1. The SMILES string of the molecule is C=C/C=C(\C=C)c1ccc(F)cc1. The lowest BCUT2D eigenvalue weighted by atomic mass is 10.1. The molecule has 0 amide bonds. The van der Waals surface area contributed by atoms with Gasteiger partial charge in [-0.15, -0.1) is 0 Å². The highest BCUT2D eigenvalue weighted by atomic mass is 19.1. The van der Waals surface area contributed by atoms with Crippen LogP contribution in [0.25, 0.3) is 5.57 Å². The predicted molar refractivity (Wildman–Crippen MR) is 54.8 cm³/mol. The smallest absolute Gasteiger partial charge is 0.123 e. The zero-order chi connectivity index (χ0) is 9.68. The van der Waals surface area contributed by atoms with E-state index in [0.29, 0.717) is 0 Å². The maximum atomic E-state index is 12.6. The van der Waals surface area contributed by atoms with E-state index in [9.17, 15) is 4.39 Å². The third-order valence-corrected chi connectivity index (χ3v) is 1.69. The summed E-state index contributed by atoms with van der Waals surface area (Å²) in [7, 11) is 0. The fraction of sp³-hybridized carbons (Fsp3) is 0. The van der Waals surface area contributed by atoms with Crippen molar-refractivity contribution in [1.29, 1.82) is 0 Å². The van der Waals surface area contributed by atoms with Crippen molar-refractivity contribution in [1.82, 2.24) is 0 Å². The number of allylic oxidation sites excluding steroid dienone is 4. The molecule has 0 heterocycles. The second kappa shape index (κ2) is 4.41. The fourth-order valence-electron chi connectivity index (χ4n) is 1.05. The summed E-state index contributed by atoms with van der Waals surface area (Å²) in [6.45, 7) is 7.26. The van der Waals surface area contributed by atoms with Crippen molar-refractivity contribution in [2.45, 2.75) is 0 Å². The van der Waals surface area contributed by atoms with Crippen LogP contribution >= 0.6 is 0 Å². The van der Waals surface area contributed by atoms with Crippen LogP contribution in [0.5, 0.6) is 0 Å². The van der Waals surface area contributed by atoms with Crippen molar-refractivity contribution in [2.24, 2.45) is 0 Å². The van der Waals surface area contributed by atoms with Crippen LogP contribution in [-0.4, -0.2) is 0 Å². The summed E-state index contributed by atoms with van der Waals surface area (Å²) in [5.74, 6) is -0.231. The molecule has 0 atom stereocenters. The van der Waals surface area contributed by atoms with E-state index in [0.717, 1.165) is 11.1 Å². The molecule has 0 saturated heterocycles. The first-order valence-corrected chi connectivity index (χ1v) is 3.99. The summed E-state index contributed by atoms with van der Waals surface area (Å²) < 4.78 is 12.6. The lowest BCUT2D eigenvalue weighted by molar-refractivity contribution is 0.627. The molecule has 0 unspecified atom stereocenters. The maximum absolute atomic E-state index is 12.6. The van der Waals surface area contributed by atoms with Crippen LogP contribution < -0.4 is 0 Å². The topological polar surface area (TPSA) is 0 Å². The minimum Gasteiger partial charge on any atom is -0.207 e. The van der Waals surface area contributed by atoms with Gasteiger partial charge in [0, 0.05) is 0 Å². The second-order valence-corrected chi connectivity index (χ2v) is 2.57. The molecular weight excluding hydrogens is 163 g/mol. The normalized spacial score (nSPS) is 11.0. The highest BCUT2D eigenvalue weighted by molar-refractivity contribution is 5.74. The molecule has 0 spiro atoms. The summed E-state index contributed by atoms with van der Waals surface area (Å²) in [4.78, 5) is 0. The van der Waals surface area contributed by atoms with Crippen molar-refractivity contribution in [3.8, 4) is 0 Å². The van der Waals surface area contributed by atoms with Crippen molar-refractivity contribution in [3.05, 3.63) is 67.0 Å². The summed E-state index contributed by atoms with van der Waals surface area (Å²) >= 11 is 0. The van der Waals surface area contributed by atoms with Crippen molar-refractivity contribution >= 4 is 5.57 Å². The van der Waals surface area contributed by atoms with Crippen LogP contribution in [0.15, 0.2) is 55.7 Å². The van der Waals surface area contributed by atoms with Gasteiger partial charge in [0.2, 0.25) is 0 Å². The Morgan fingerprint density at radius 1 is 1.15 bits per heavy atom. The molecule has 0 nitrogen and oxygen atoms in total. The molecule has 0 bridgehead atoms. The maximum Gasteiger partial charge on any atom is 0.123 e. The summed E-state index contributed by atoms with van der Waals surface area (Å²) in [6.07, 6.45) is 5.23. The second-order valence-electron chi connectivity index (χ2n) is 2.57. The quantitative estimate of drug-likeness (QED) is 0.614. The van der Waals surface area contributed by atoms with E-state index in [-0.39, 0.29) is 5.82 Å². The van der Waals surface area contributed by atoms with E-state index in [2.05, 4.69) is 13.2 Å². The Kier molecular flexibility index (Phi) is 3.21. The first-order chi connectivity index (χ1) is 6.27. The van der Waals surface area contributed by atoms with E-state index < -0.39 is 0 Å². The van der Waals surface area contributed by atoms with Gasteiger partial charge in [-0.25, -0.2) is 4.39 Å². The van der Waals surface area contributed by atoms with Gasteiger partial charge in [0.1, 0.15) is 5.82 Å². The van der Waals surface area contributed by atoms with Crippen LogP contribution in [0, 0.1) is 5.82 Å². The molecule has 0 aliphatic rings. The number of benzene rings is 1. The van der Waals surface area contributed by atoms with Crippen LogP contribution in [0.4, 0.5) is 4.39 Å². The zero-order valence-electron chi connectivity index (χ0n) is 7.33. The molecule has 0 radical (unpaired) electrons. The monoisotopic (exact) mass is 174 g/mol. The predicted octanol–water partition coefficient (Wildman–Crippen LogP) is 3.58. The van der Waals surface area contributed by atoms with Crippen molar-refractivity contribution in [2.75, 3.05) is 0 Å². The molecule has 0 fully saturated rings. The molecule has 1 aromatic rings. The number of hydrogen-bond donors (Lipinski definition) is 0. The van der Waals surface area contributed by atoms with E-state index in [1.54, 1.807) is 24.3 Å². The van der Waals surface area contributed by atoms with Gasteiger partial charge >= 0.3 is 0 Å². The Hall–Kier alpha value is -1.63. The van der Waals surface area contributed by atoms with Crippen molar-refractivity contribution in [3.63, 3.8) is 0 Å². The van der Waals surface area contributed by atoms with Gasteiger partial charge in [0.05, 0.1) is 0 Å². The average molecular weight is 174 g/mol. The molecule has 1 heteroatoms. The molecule has 0 saturated carbocycles. The largest absolute Gasteiger partial charge is 0.207 e. The van der Waals surface area contributed by atoms with Gasteiger partial charge in [-0.3, -0.25) is 0 Å². The summed E-state index contributed by atoms with van der Waals surface area (Å²) in [5, 5.41) is 0. The van der Waals surface area contributed by atoms with Crippen LogP contribution in [0.3, 0.4) is 0 Å². The summed E-state index contributed by atoms with van der Waals surface area (Å²) in [5.41, 5.74) is 1.88. The molecule has 0 aliphatic heterocycles. The number of rotatable bonds is 3. The molecule has 0 aliphatic carbocycles. The van der Waals surface area contributed by atoms with E-state index in [1.807, 2.05) is 6.08 Å². The molecule has 66 valence electrons. The van der Waals surface area contributed by atoms with E-state index >= 15 is 0 Å². The van der Waals surface area contributed by atoms with Gasteiger partial charge in [0.25, 0.3) is 0 Å². The highest BCUT2D eigenvalue weighted by Gasteiger charge is 1.95. The highest BCUT2D eigenvalue weighted by Crippen LogP contribution is 2.15. The molecule has 1 rings (SSSR count). The first kappa shape index (κ1) is 9.46. The first-order valence-electron chi connectivity index (χ1n) is 3.99. The standard InChI is InChI=1S/C12H11F/c1-3-5-10(4-2)11-6-8-12(13)9-7-11/h3-9H,1-2H2/b10-5+. The Balaban J connectivity index is 3.06. The summed E-state index contributed by atoms with van der Waals surface area (Å²) in [6, 6.07) is 6.28. The van der Waals surface area contributed by atoms with Crippen LogP contribution in [-0.2, 0) is 0 Å². The Morgan fingerprint density at radius 3 is 2.23 bits per heavy atom. The Labute approximate surface area is 77.7 Å². The van der Waals surface area contributed by atoms with Gasteiger partial charge in [-0.1, -0.05) is 43.5 Å².